The van der Waals surface area contributed by atoms with Gasteiger partial charge >= 0.3 is 5.63 Å². The molecule has 0 bridgehead atoms. The maximum Gasteiger partial charge on any atom is 0.344 e. The minimum absolute atomic E-state index is 0.129. The van der Waals surface area contributed by atoms with Crippen molar-refractivity contribution in [1.29, 1.82) is 0 Å². The van der Waals surface area contributed by atoms with Gasteiger partial charge in [0.05, 0.1) is 5.39 Å². The lowest BCUT2D eigenvalue weighted by Gasteiger charge is -1.96. The quantitative estimate of drug-likeness (QED) is 0.675. The number of carbonyl (C=O) groups excluding carboxylic acids is 1. The molecule has 1 aromatic heterocycles. The highest BCUT2D eigenvalue weighted by Crippen LogP contribution is 2.12. The topological polar surface area (TPSA) is 47.3 Å². The van der Waals surface area contributed by atoms with Crippen LogP contribution in [0.4, 0.5) is 0 Å². The highest BCUT2D eigenvalue weighted by molar-refractivity contribution is 6.67. The molecule has 2 aromatic rings. The molecule has 0 atom stereocenters. The van der Waals surface area contributed by atoms with Gasteiger partial charge in [-0.15, -0.1) is 0 Å². The van der Waals surface area contributed by atoms with E-state index in [4.69, 9.17) is 16.0 Å². The zero-order valence-corrected chi connectivity index (χ0v) is 7.75. The van der Waals surface area contributed by atoms with E-state index in [0.29, 0.717) is 10.8 Å². The molecule has 3 nitrogen and oxygen atoms in total. The van der Waals surface area contributed by atoms with Crippen molar-refractivity contribution in [3.8, 4) is 0 Å². The van der Waals surface area contributed by atoms with Crippen molar-refractivity contribution >= 4 is 27.6 Å². The lowest BCUT2D eigenvalue weighted by atomic mass is 10.2. The van der Waals surface area contributed by atoms with Crippen LogP contribution in [0.2, 0.25) is 0 Å². The maximum absolute atomic E-state index is 11.3. The molecule has 70 valence electrons. The van der Waals surface area contributed by atoms with E-state index in [-0.39, 0.29) is 5.76 Å². The molecule has 14 heavy (non-hydrogen) atoms. The van der Waals surface area contributed by atoms with Gasteiger partial charge in [-0.3, -0.25) is 4.79 Å². The average molecular weight is 209 g/mol. The number of hydrogen-bond acceptors (Lipinski definition) is 3. The van der Waals surface area contributed by atoms with Gasteiger partial charge in [-0.1, -0.05) is 18.2 Å². The zero-order valence-electron chi connectivity index (χ0n) is 6.99. The first-order chi connectivity index (χ1) is 6.68. The molecule has 0 saturated heterocycles. The van der Waals surface area contributed by atoms with Gasteiger partial charge in [0.15, 0.2) is 5.76 Å². The van der Waals surface area contributed by atoms with Crippen LogP contribution >= 0.6 is 11.6 Å². The second-order valence-electron chi connectivity index (χ2n) is 2.76. The first kappa shape index (κ1) is 8.97. The van der Waals surface area contributed by atoms with Crippen LogP contribution in [0.15, 0.2) is 39.5 Å². The van der Waals surface area contributed by atoms with Gasteiger partial charge in [-0.2, -0.15) is 0 Å². The lowest BCUT2D eigenvalue weighted by Crippen LogP contribution is -2.03. The van der Waals surface area contributed by atoms with E-state index in [1.54, 1.807) is 24.3 Å². The zero-order chi connectivity index (χ0) is 10.1. The van der Waals surface area contributed by atoms with Crippen molar-refractivity contribution in [2.45, 2.75) is 0 Å². The molecule has 0 N–H and O–H groups in total. The van der Waals surface area contributed by atoms with Crippen LogP contribution < -0.4 is 5.63 Å². The summed E-state index contributed by atoms with van der Waals surface area (Å²) in [5.74, 6) is -0.129. The molecular weight excluding hydrogens is 204 g/mol. The SMILES string of the molecule is O=C(Cl)c1cc2ccccc2c(=O)o1. The van der Waals surface area contributed by atoms with Gasteiger partial charge in [-0.25, -0.2) is 4.79 Å². The van der Waals surface area contributed by atoms with Crippen LogP contribution in [0.1, 0.15) is 10.6 Å². The average Bonchev–Trinajstić information content (AvgIpc) is 2.17. The van der Waals surface area contributed by atoms with Crippen molar-refractivity contribution in [3.05, 3.63) is 46.5 Å². The molecule has 0 unspecified atom stereocenters. The molecule has 1 aromatic carbocycles. The number of hydrogen-bond donors (Lipinski definition) is 0. The largest absolute Gasteiger partial charge is 0.418 e. The van der Waals surface area contributed by atoms with E-state index in [0.717, 1.165) is 0 Å². The van der Waals surface area contributed by atoms with Gasteiger partial charge in [0.2, 0.25) is 0 Å². The molecule has 0 aliphatic carbocycles. The van der Waals surface area contributed by atoms with Crippen LogP contribution in [0.5, 0.6) is 0 Å². The minimum Gasteiger partial charge on any atom is -0.418 e. The third-order valence-corrected chi connectivity index (χ3v) is 2.05. The smallest absolute Gasteiger partial charge is 0.344 e. The van der Waals surface area contributed by atoms with Crippen LogP contribution in [0.25, 0.3) is 10.8 Å². The summed E-state index contributed by atoms with van der Waals surface area (Å²) >= 11 is 5.20. The Morgan fingerprint density at radius 2 is 2.00 bits per heavy atom. The third-order valence-electron chi connectivity index (χ3n) is 1.86. The number of rotatable bonds is 1. The van der Waals surface area contributed by atoms with Crippen molar-refractivity contribution in [2.24, 2.45) is 0 Å². The number of carbonyl (C=O) groups is 1. The third kappa shape index (κ3) is 1.42. The summed E-state index contributed by atoms with van der Waals surface area (Å²) in [5, 5.41) is 0.315. The summed E-state index contributed by atoms with van der Waals surface area (Å²) in [6.45, 7) is 0. The molecule has 0 aliphatic heterocycles. The van der Waals surface area contributed by atoms with Crippen LogP contribution in [-0.2, 0) is 0 Å². The molecule has 2 rings (SSSR count). The maximum atomic E-state index is 11.3. The summed E-state index contributed by atoms with van der Waals surface area (Å²) in [5.41, 5.74) is -0.549. The van der Waals surface area contributed by atoms with Crippen molar-refractivity contribution in [1.82, 2.24) is 0 Å². The summed E-state index contributed by atoms with van der Waals surface area (Å²) in [7, 11) is 0. The fourth-order valence-electron chi connectivity index (χ4n) is 1.23. The van der Waals surface area contributed by atoms with Crippen molar-refractivity contribution in [3.63, 3.8) is 0 Å². The van der Waals surface area contributed by atoms with E-state index in [9.17, 15) is 9.59 Å². The molecule has 0 amide bonds. The summed E-state index contributed by atoms with van der Waals surface area (Å²) in [4.78, 5) is 22.1. The number of fused-ring (bicyclic) bond motifs is 1. The van der Waals surface area contributed by atoms with Gasteiger partial charge in [0, 0.05) is 0 Å². The number of benzene rings is 1. The standard InChI is InChI=1S/C10H5ClO3/c11-9(12)8-5-6-3-1-2-4-7(6)10(13)14-8/h1-5H. The highest BCUT2D eigenvalue weighted by atomic mass is 35.5. The van der Waals surface area contributed by atoms with E-state index in [1.807, 2.05) is 0 Å². The van der Waals surface area contributed by atoms with Crippen LogP contribution in [0.3, 0.4) is 0 Å². The van der Waals surface area contributed by atoms with E-state index in [2.05, 4.69) is 0 Å². The lowest BCUT2D eigenvalue weighted by molar-refractivity contribution is 0.105. The molecule has 0 spiro atoms. The predicted octanol–water partition coefficient (Wildman–Crippen LogP) is 2.17. The molecule has 0 fully saturated rings. The van der Waals surface area contributed by atoms with Gasteiger partial charge in [0.1, 0.15) is 0 Å². The fraction of sp³-hybridized carbons (Fsp3) is 0. The van der Waals surface area contributed by atoms with E-state index in [1.165, 1.54) is 6.07 Å². The number of halogens is 1. The second kappa shape index (κ2) is 3.27. The summed E-state index contributed by atoms with van der Waals surface area (Å²) < 4.78 is 4.71. The predicted molar refractivity (Wildman–Crippen MR) is 52.7 cm³/mol. The van der Waals surface area contributed by atoms with Crippen LogP contribution in [-0.4, -0.2) is 5.24 Å². The van der Waals surface area contributed by atoms with Crippen molar-refractivity contribution < 1.29 is 9.21 Å². The van der Waals surface area contributed by atoms with Crippen LogP contribution in [0, 0.1) is 0 Å². The molecular formula is C10H5ClO3. The molecule has 0 saturated carbocycles. The van der Waals surface area contributed by atoms with Gasteiger partial charge in [-0.05, 0) is 29.1 Å². The summed E-state index contributed by atoms with van der Waals surface area (Å²) in [6.07, 6.45) is 0. The molecule has 4 heteroatoms. The molecule has 0 radical (unpaired) electrons. The fourth-order valence-corrected chi connectivity index (χ4v) is 1.32. The Kier molecular flexibility index (Phi) is 2.09. The van der Waals surface area contributed by atoms with Gasteiger partial charge < -0.3 is 4.42 Å². The Morgan fingerprint density at radius 1 is 1.29 bits per heavy atom. The monoisotopic (exact) mass is 208 g/mol. The second-order valence-corrected chi connectivity index (χ2v) is 3.10. The van der Waals surface area contributed by atoms with E-state index >= 15 is 0 Å². The minimum atomic E-state index is -0.771. The Hall–Kier alpha value is -1.61. The van der Waals surface area contributed by atoms with Gasteiger partial charge in [0.25, 0.3) is 5.24 Å². The first-order valence-corrected chi connectivity index (χ1v) is 4.29. The Morgan fingerprint density at radius 3 is 2.71 bits per heavy atom. The van der Waals surface area contributed by atoms with Crippen molar-refractivity contribution in [2.75, 3.05) is 0 Å². The normalized spacial score (nSPS) is 10.4. The molecule has 1 heterocycles. The Labute approximate surface area is 83.9 Å². The highest BCUT2D eigenvalue weighted by Gasteiger charge is 2.08. The Balaban J connectivity index is 2.86. The van der Waals surface area contributed by atoms with E-state index < -0.39 is 10.9 Å². The summed E-state index contributed by atoms with van der Waals surface area (Å²) in [6, 6.07) is 8.29. The first-order valence-electron chi connectivity index (χ1n) is 3.91. The Bertz CT molecular complexity index is 557. The molecule has 0 aliphatic rings.